The molecule has 0 atom stereocenters. The van der Waals surface area contributed by atoms with Crippen molar-refractivity contribution >= 4 is 43.8 Å². The second-order valence-electron chi connectivity index (χ2n) is 8.31. The third kappa shape index (κ3) is 3.14. The van der Waals surface area contributed by atoms with E-state index in [0.29, 0.717) is 16.8 Å². The van der Waals surface area contributed by atoms with Crippen LogP contribution in [-0.2, 0) is 7.05 Å². The van der Waals surface area contributed by atoms with Crippen LogP contribution in [0.2, 0.25) is 0 Å². The lowest BCUT2D eigenvalue weighted by molar-refractivity contribution is 0.637. The third-order valence-electron chi connectivity index (χ3n) is 6.11. The summed E-state index contributed by atoms with van der Waals surface area (Å²) in [6.07, 6.45) is 1.58. The molecule has 164 valence electrons. The number of rotatable bonds is 4. The van der Waals surface area contributed by atoms with Gasteiger partial charge in [-0.05, 0) is 60.0 Å². The van der Waals surface area contributed by atoms with Gasteiger partial charge in [0.15, 0.2) is 0 Å². The number of para-hydroxylation sites is 1. The second-order valence-corrected chi connectivity index (χ2v) is 9.26. The molecule has 1 saturated carbocycles. The molecule has 3 aromatic heterocycles. The SMILES string of the molecule is Cn1c(=O)cc(Nc2ccc3sccc3c2)c2c(=O)n(C3CC3)c(=O)n(-c3ccccc3)c21. The number of thiophene rings is 1. The number of aryl methyl sites for hydroxylation is 1. The van der Waals surface area contributed by atoms with Crippen LogP contribution in [0.15, 0.2) is 80.4 Å². The summed E-state index contributed by atoms with van der Waals surface area (Å²) in [6, 6.07) is 18.4. The molecule has 5 aromatic rings. The van der Waals surface area contributed by atoms with Crippen LogP contribution in [-0.4, -0.2) is 13.7 Å². The zero-order valence-corrected chi connectivity index (χ0v) is 18.6. The maximum absolute atomic E-state index is 13.7. The molecule has 0 radical (unpaired) electrons. The smallest absolute Gasteiger partial charge is 0.337 e. The molecule has 0 saturated heterocycles. The number of nitrogens with one attached hydrogen (secondary N) is 1. The first-order valence-corrected chi connectivity index (χ1v) is 11.6. The van der Waals surface area contributed by atoms with E-state index in [-0.39, 0.29) is 22.8 Å². The summed E-state index contributed by atoms with van der Waals surface area (Å²) in [6.45, 7) is 0. The van der Waals surface area contributed by atoms with Crippen LogP contribution in [0, 0.1) is 0 Å². The highest BCUT2D eigenvalue weighted by Gasteiger charge is 2.30. The van der Waals surface area contributed by atoms with Gasteiger partial charge in [-0.1, -0.05) is 18.2 Å². The zero-order valence-electron chi connectivity index (χ0n) is 17.8. The first kappa shape index (κ1) is 19.8. The van der Waals surface area contributed by atoms with Crippen molar-refractivity contribution in [1.82, 2.24) is 13.7 Å². The Labute approximate surface area is 191 Å². The van der Waals surface area contributed by atoms with Crippen molar-refractivity contribution in [3.05, 3.63) is 97.2 Å². The normalized spacial score (nSPS) is 13.6. The molecule has 33 heavy (non-hydrogen) atoms. The Morgan fingerprint density at radius 3 is 2.52 bits per heavy atom. The summed E-state index contributed by atoms with van der Waals surface area (Å²) in [7, 11) is 1.59. The van der Waals surface area contributed by atoms with E-state index >= 15 is 0 Å². The quantitative estimate of drug-likeness (QED) is 0.441. The van der Waals surface area contributed by atoms with Gasteiger partial charge in [0.2, 0.25) is 0 Å². The molecule has 1 N–H and O–H groups in total. The minimum Gasteiger partial charge on any atom is -0.355 e. The number of aromatic nitrogens is 3. The monoisotopic (exact) mass is 456 g/mol. The Morgan fingerprint density at radius 2 is 1.76 bits per heavy atom. The average Bonchev–Trinajstić information content (AvgIpc) is 3.53. The molecule has 1 aliphatic carbocycles. The van der Waals surface area contributed by atoms with Crippen molar-refractivity contribution in [2.45, 2.75) is 18.9 Å². The first-order chi connectivity index (χ1) is 16.0. The predicted molar refractivity (Wildman–Crippen MR) is 132 cm³/mol. The van der Waals surface area contributed by atoms with E-state index in [1.807, 2.05) is 47.8 Å². The summed E-state index contributed by atoms with van der Waals surface area (Å²) >= 11 is 1.65. The van der Waals surface area contributed by atoms with Crippen molar-refractivity contribution in [3.63, 3.8) is 0 Å². The molecule has 0 bridgehead atoms. The summed E-state index contributed by atoms with van der Waals surface area (Å²) in [4.78, 5) is 40.1. The first-order valence-electron chi connectivity index (χ1n) is 10.7. The van der Waals surface area contributed by atoms with E-state index < -0.39 is 5.69 Å². The van der Waals surface area contributed by atoms with Crippen LogP contribution in [0.4, 0.5) is 11.4 Å². The molecular weight excluding hydrogens is 436 g/mol. The van der Waals surface area contributed by atoms with Crippen molar-refractivity contribution in [3.8, 4) is 5.69 Å². The second kappa shape index (κ2) is 7.31. The molecule has 8 heteroatoms. The van der Waals surface area contributed by atoms with Crippen LogP contribution in [0.5, 0.6) is 0 Å². The van der Waals surface area contributed by atoms with Gasteiger partial charge in [0.05, 0.1) is 11.4 Å². The zero-order chi connectivity index (χ0) is 22.7. The van der Waals surface area contributed by atoms with Gasteiger partial charge in [-0.15, -0.1) is 11.3 Å². The van der Waals surface area contributed by atoms with Crippen LogP contribution in [0.3, 0.4) is 0 Å². The van der Waals surface area contributed by atoms with Crippen molar-refractivity contribution in [1.29, 1.82) is 0 Å². The highest BCUT2D eigenvalue weighted by atomic mass is 32.1. The number of fused-ring (bicyclic) bond motifs is 2. The van der Waals surface area contributed by atoms with E-state index in [1.54, 1.807) is 30.5 Å². The van der Waals surface area contributed by atoms with Gasteiger partial charge >= 0.3 is 5.69 Å². The molecule has 0 aliphatic heterocycles. The molecule has 7 nitrogen and oxygen atoms in total. The summed E-state index contributed by atoms with van der Waals surface area (Å²) < 4.78 is 5.34. The number of hydrogen-bond acceptors (Lipinski definition) is 5. The Kier molecular flexibility index (Phi) is 4.38. The molecule has 0 spiro atoms. The Bertz CT molecular complexity index is 1720. The highest BCUT2D eigenvalue weighted by molar-refractivity contribution is 7.17. The van der Waals surface area contributed by atoms with Gasteiger partial charge in [-0.25, -0.2) is 9.36 Å². The van der Waals surface area contributed by atoms with E-state index in [9.17, 15) is 14.4 Å². The predicted octanol–water partition coefficient (Wildman–Crippen LogP) is 4.14. The molecule has 1 fully saturated rings. The number of benzene rings is 2. The molecule has 0 unspecified atom stereocenters. The van der Waals surface area contributed by atoms with Gasteiger partial charge in [0.25, 0.3) is 11.1 Å². The van der Waals surface area contributed by atoms with Gasteiger partial charge in [0, 0.05) is 29.5 Å². The topological polar surface area (TPSA) is 78.0 Å². The number of anilines is 2. The fourth-order valence-corrected chi connectivity index (χ4v) is 5.10. The molecule has 0 amide bonds. The minimum atomic E-state index is -0.423. The van der Waals surface area contributed by atoms with Crippen molar-refractivity contribution < 1.29 is 0 Å². The number of pyridine rings is 1. The Balaban J connectivity index is 1.70. The van der Waals surface area contributed by atoms with Crippen LogP contribution >= 0.6 is 11.3 Å². The minimum absolute atomic E-state index is 0.114. The van der Waals surface area contributed by atoms with E-state index in [0.717, 1.165) is 28.6 Å². The maximum Gasteiger partial charge on any atom is 0.337 e. The highest BCUT2D eigenvalue weighted by Crippen LogP contribution is 2.33. The fraction of sp³-hybridized carbons (Fsp3) is 0.160. The number of nitrogens with zero attached hydrogens (tertiary/aromatic N) is 3. The molecule has 1 aliphatic rings. The van der Waals surface area contributed by atoms with Crippen LogP contribution in [0.25, 0.3) is 26.8 Å². The standard InChI is InChI=1S/C25H20N4O3S/c1-27-21(30)14-19(26-16-7-10-20-15(13-16)11-12-33-20)22-23(27)28(17-5-3-2-4-6-17)25(32)29(24(22)31)18-8-9-18/h2-7,10-14,18,26H,8-9H2,1H3. The van der Waals surface area contributed by atoms with Gasteiger partial charge in [-0.2, -0.15) is 0 Å². The summed E-state index contributed by atoms with van der Waals surface area (Å²) in [5.41, 5.74) is 0.937. The van der Waals surface area contributed by atoms with Crippen molar-refractivity contribution in [2.24, 2.45) is 7.05 Å². The van der Waals surface area contributed by atoms with Gasteiger partial charge in [-0.3, -0.25) is 18.7 Å². The lowest BCUT2D eigenvalue weighted by atomic mass is 10.2. The van der Waals surface area contributed by atoms with E-state index in [2.05, 4.69) is 5.32 Å². The lowest BCUT2D eigenvalue weighted by Crippen LogP contribution is -2.41. The maximum atomic E-state index is 13.7. The third-order valence-corrected chi connectivity index (χ3v) is 7.01. The van der Waals surface area contributed by atoms with Gasteiger partial charge < -0.3 is 5.32 Å². The largest absolute Gasteiger partial charge is 0.355 e. The Morgan fingerprint density at radius 1 is 0.970 bits per heavy atom. The molecule has 2 aromatic carbocycles. The van der Waals surface area contributed by atoms with Crippen molar-refractivity contribution in [2.75, 3.05) is 5.32 Å². The number of hydrogen-bond donors (Lipinski definition) is 1. The van der Waals surface area contributed by atoms with Gasteiger partial charge in [0.1, 0.15) is 11.0 Å². The van der Waals surface area contributed by atoms with Crippen LogP contribution in [0.1, 0.15) is 18.9 Å². The average molecular weight is 457 g/mol. The lowest BCUT2D eigenvalue weighted by Gasteiger charge is -2.18. The summed E-state index contributed by atoms with van der Waals surface area (Å²) in [5.74, 6) is 0. The Hall–Kier alpha value is -3.91. The van der Waals surface area contributed by atoms with Crippen LogP contribution < -0.4 is 22.1 Å². The molecule has 3 heterocycles. The summed E-state index contributed by atoms with van der Waals surface area (Å²) in [5, 5.41) is 6.70. The fourth-order valence-electron chi connectivity index (χ4n) is 4.33. The van der Waals surface area contributed by atoms with E-state index in [4.69, 9.17) is 0 Å². The molecular formula is C25H20N4O3S. The molecule has 6 rings (SSSR count). The van der Waals surface area contributed by atoms with E-state index in [1.165, 1.54) is 19.8 Å².